The van der Waals surface area contributed by atoms with Gasteiger partial charge in [0.2, 0.25) is 0 Å². The molecule has 6 nitrogen and oxygen atoms in total. The third-order valence-electron chi connectivity index (χ3n) is 5.01. The molecule has 166 valence electrons. The highest BCUT2D eigenvalue weighted by atomic mass is 16.5. The summed E-state index contributed by atoms with van der Waals surface area (Å²) in [5.41, 5.74) is 4.10. The number of benzene rings is 3. The highest BCUT2D eigenvalue weighted by molar-refractivity contribution is 6.05. The Morgan fingerprint density at radius 1 is 0.906 bits per heavy atom. The lowest BCUT2D eigenvalue weighted by atomic mass is 9.98. The van der Waals surface area contributed by atoms with Gasteiger partial charge in [-0.15, -0.1) is 0 Å². The SMILES string of the molecule is COc1cccc(NC(=O)COc2ccc(C(=O)Nc3c(C)cccc3C(C)C)cc2)c1. The van der Waals surface area contributed by atoms with E-state index in [1.54, 1.807) is 55.6 Å². The number of ether oxygens (including phenoxy) is 2. The first-order valence-electron chi connectivity index (χ1n) is 10.4. The van der Waals surface area contributed by atoms with Crippen molar-refractivity contribution in [1.82, 2.24) is 0 Å². The number of hydrogen-bond acceptors (Lipinski definition) is 4. The van der Waals surface area contributed by atoms with Crippen LogP contribution in [0.5, 0.6) is 11.5 Å². The van der Waals surface area contributed by atoms with E-state index in [2.05, 4.69) is 24.5 Å². The predicted octanol–water partition coefficient (Wildman–Crippen LogP) is 5.40. The fourth-order valence-corrected chi connectivity index (χ4v) is 3.28. The number of para-hydroxylation sites is 1. The van der Waals surface area contributed by atoms with Crippen molar-refractivity contribution in [3.8, 4) is 11.5 Å². The van der Waals surface area contributed by atoms with Crippen LogP contribution < -0.4 is 20.1 Å². The fourth-order valence-electron chi connectivity index (χ4n) is 3.28. The van der Waals surface area contributed by atoms with Gasteiger partial charge < -0.3 is 20.1 Å². The quantitative estimate of drug-likeness (QED) is 0.500. The standard InChI is InChI=1S/C26H28N2O4/c1-17(2)23-10-5-7-18(3)25(23)28-26(30)19-11-13-21(14-12-19)32-16-24(29)27-20-8-6-9-22(15-20)31-4/h5-15,17H,16H2,1-4H3,(H,27,29)(H,28,30). The normalized spacial score (nSPS) is 10.5. The molecule has 0 saturated heterocycles. The van der Waals surface area contributed by atoms with Crippen molar-refractivity contribution in [1.29, 1.82) is 0 Å². The average molecular weight is 433 g/mol. The Bertz CT molecular complexity index is 1090. The van der Waals surface area contributed by atoms with E-state index in [1.807, 2.05) is 25.1 Å². The van der Waals surface area contributed by atoms with Crippen LogP contribution in [-0.2, 0) is 4.79 Å². The van der Waals surface area contributed by atoms with Crippen molar-refractivity contribution < 1.29 is 19.1 Å². The Kier molecular flexibility index (Phi) is 7.49. The molecule has 0 bridgehead atoms. The van der Waals surface area contributed by atoms with Gasteiger partial charge in [-0.1, -0.05) is 38.1 Å². The van der Waals surface area contributed by atoms with Crippen LogP contribution in [0.2, 0.25) is 0 Å². The molecular weight excluding hydrogens is 404 g/mol. The molecule has 0 aliphatic rings. The zero-order chi connectivity index (χ0) is 23.1. The van der Waals surface area contributed by atoms with Crippen LogP contribution in [0.25, 0.3) is 0 Å². The van der Waals surface area contributed by atoms with Crippen LogP contribution in [0.15, 0.2) is 66.7 Å². The highest BCUT2D eigenvalue weighted by Gasteiger charge is 2.13. The van der Waals surface area contributed by atoms with Crippen LogP contribution in [0.1, 0.15) is 41.3 Å². The van der Waals surface area contributed by atoms with Gasteiger partial charge in [0.1, 0.15) is 11.5 Å². The second-order valence-corrected chi connectivity index (χ2v) is 7.74. The number of rotatable bonds is 8. The summed E-state index contributed by atoms with van der Waals surface area (Å²) >= 11 is 0. The summed E-state index contributed by atoms with van der Waals surface area (Å²) in [7, 11) is 1.57. The van der Waals surface area contributed by atoms with Gasteiger partial charge in [0.05, 0.1) is 7.11 Å². The third-order valence-corrected chi connectivity index (χ3v) is 5.01. The van der Waals surface area contributed by atoms with Crippen LogP contribution in [0, 0.1) is 6.92 Å². The average Bonchev–Trinajstić information content (AvgIpc) is 2.79. The van der Waals surface area contributed by atoms with Crippen LogP contribution in [0.4, 0.5) is 11.4 Å². The van der Waals surface area contributed by atoms with E-state index in [4.69, 9.17) is 9.47 Å². The number of hydrogen-bond donors (Lipinski definition) is 2. The van der Waals surface area contributed by atoms with E-state index in [0.717, 1.165) is 16.8 Å². The maximum absolute atomic E-state index is 12.7. The van der Waals surface area contributed by atoms with Gasteiger partial charge in [-0.05, 0) is 60.4 Å². The van der Waals surface area contributed by atoms with Crippen molar-refractivity contribution >= 4 is 23.2 Å². The van der Waals surface area contributed by atoms with E-state index in [0.29, 0.717) is 28.7 Å². The molecule has 0 aliphatic carbocycles. The van der Waals surface area contributed by atoms with Gasteiger partial charge in [0.15, 0.2) is 6.61 Å². The first-order chi connectivity index (χ1) is 15.4. The van der Waals surface area contributed by atoms with Gasteiger partial charge in [-0.2, -0.15) is 0 Å². The monoisotopic (exact) mass is 432 g/mol. The van der Waals surface area contributed by atoms with Crippen LogP contribution >= 0.6 is 0 Å². The summed E-state index contributed by atoms with van der Waals surface area (Å²) in [6.45, 7) is 6.03. The summed E-state index contributed by atoms with van der Waals surface area (Å²) in [5, 5.41) is 5.78. The molecule has 0 aromatic heterocycles. The van der Waals surface area contributed by atoms with E-state index >= 15 is 0 Å². The van der Waals surface area contributed by atoms with Gasteiger partial charge in [-0.25, -0.2) is 0 Å². The predicted molar refractivity (Wildman–Crippen MR) is 127 cm³/mol. The molecular formula is C26H28N2O4. The largest absolute Gasteiger partial charge is 0.497 e. The van der Waals surface area contributed by atoms with E-state index in [9.17, 15) is 9.59 Å². The van der Waals surface area contributed by atoms with Crippen LogP contribution in [-0.4, -0.2) is 25.5 Å². The lowest BCUT2D eigenvalue weighted by molar-refractivity contribution is -0.118. The van der Waals surface area contributed by atoms with Crippen molar-refractivity contribution in [2.45, 2.75) is 26.7 Å². The van der Waals surface area contributed by atoms with Crippen molar-refractivity contribution in [3.05, 3.63) is 83.4 Å². The zero-order valence-corrected chi connectivity index (χ0v) is 18.8. The molecule has 0 aliphatic heterocycles. The number of aryl methyl sites for hydroxylation is 1. The minimum atomic E-state index is -0.291. The zero-order valence-electron chi connectivity index (χ0n) is 18.8. The second-order valence-electron chi connectivity index (χ2n) is 7.74. The molecule has 0 unspecified atom stereocenters. The van der Waals surface area contributed by atoms with Crippen molar-refractivity contribution in [3.63, 3.8) is 0 Å². The first-order valence-corrected chi connectivity index (χ1v) is 10.4. The van der Waals surface area contributed by atoms with E-state index < -0.39 is 0 Å². The summed E-state index contributed by atoms with van der Waals surface area (Å²) < 4.78 is 10.7. The fraction of sp³-hybridized carbons (Fsp3) is 0.231. The number of methoxy groups -OCH3 is 1. The Morgan fingerprint density at radius 2 is 1.62 bits per heavy atom. The molecule has 0 spiro atoms. The van der Waals surface area contributed by atoms with Crippen molar-refractivity contribution in [2.24, 2.45) is 0 Å². The molecule has 3 aromatic rings. The molecule has 0 fully saturated rings. The molecule has 0 saturated carbocycles. The minimum Gasteiger partial charge on any atom is -0.497 e. The number of anilines is 2. The summed E-state index contributed by atoms with van der Waals surface area (Å²) in [6.07, 6.45) is 0. The maximum Gasteiger partial charge on any atom is 0.262 e. The molecule has 2 N–H and O–H groups in total. The molecule has 3 aromatic carbocycles. The topological polar surface area (TPSA) is 76.7 Å². The number of nitrogens with one attached hydrogen (secondary N) is 2. The van der Waals surface area contributed by atoms with Gasteiger partial charge in [-0.3, -0.25) is 9.59 Å². The summed E-state index contributed by atoms with van der Waals surface area (Å²) in [5.74, 6) is 0.971. The van der Waals surface area contributed by atoms with E-state index in [1.165, 1.54) is 0 Å². The lowest BCUT2D eigenvalue weighted by Crippen LogP contribution is -2.20. The summed E-state index contributed by atoms with van der Waals surface area (Å²) in [4.78, 5) is 24.9. The van der Waals surface area contributed by atoms with Gasteiger partial charge in [0.25, 0.3) is 11.8 Å². The maximum atomic E-state index is 12.7. The Morgan fingerprint density at radius 3 is 2.31 bits per heavy atom. The molecule has 0 heterocycles. The molecule has 0 atom stereocenters. The Balaban J connectivity index is 1.58. The molecule has 0 radical (unpaired) electrons. The summed E-state index contributed by atoms with van der Waals surface area (Å²) in [6, 6.07) is 19.8. The second kappa shape index (κ2) is 10.5. The first kappa shape index (κ1) is 22.9. The Hall–Kier alpha value is -3.80. The molecule has 32 heavy (non-hydrogen) atoms. The van der Waals surface area contributed by atoms with Crippen LogP contribution in [0.3, 0.4) is 0 Å². The number of carbonyl (C=O) groups is 2. The Labute approximate surface area is 188 Å². The van der Waals surface area contributed by atoms with Gasteiger partial charge >= 0.3 is 0 Å². The van der Waals surface area contributed by atoms with E-state index in [-0.39, 0.29) is 18.4 Å². The van der Waals surface area contributed by atoms with Crippen molar-refractivity contribution in [2.75, 3.05) is 24.4 Å². The highest BCUT2D eigenvalue weighted by Crippen LogP contribution is 2.28. The lowest BCUT2D eigenvalue weighted by Gasteiger charge is -2.16. The number of amides is 2. The van der Waals surface area contributed by atoms with Gasteiger partial charge in [0, 0.05) is 23.0 Å². The molecule has 3 rings (SSSR count). The third kappa shape index (κ3) is 5.88. The molecule has 6 heteroatoms. The molecule has 2 amide bonds. The smallest absolute Gasteiger partial charge is 0.262 e. The number of carbonyl (C=O) groups excluding carboxylic acids is 2. The minimum absolute atomic E-state index is 0.149.